The fourth-order valence-corrected chi connectivity index (χ4v) is 4.59. The Morgan fingerprint density at radius 1 is 1.11 bits per heavy atom. The molecule has 3 aromatic carbocycles. The number of halogens is 3. The number of carboxylic acid groups (broad SMARTS) is 1. The molecular weight excluding hydrogens is 619 g/mol. The Kier molecular flexibility index (Phi) is 8.37. The summed E-state index contributed by atoms with van der Waals surface area (Å²) in [6, 6.07) is 14.1. The molecule has 3 aromatic rings. The summed E-state index contributed by atoms with van der Waals surface area (Å²) < 4.78 is 11.9. The zero-order valence-electron chi connectivity index (χ0n) is 19.5. The van der Waals surface area contributed by atoms with Gasteiger partial charge in [0.25, 0.3) is 11.8 Å². The third-order valence-corrected chi connectivity index (χ3v) is 7.12. The number of nitrogens with zero attached hydrogens (tertiary/aromatic N) is 1. The van der Waals surface area contributed by atoms with Gasteiger partial charge in [-0.1, -0.05) is 51.3 Å². The molecule has 0 spiro atoms. The molecule has 12 heteroatoms. The van der Waals surface area contributed by atoms with Gasteiger partial charge >= 0.3 is 5.97 Å². The van der Waals surface area contributed by atoms with E-state index in [0.29, 0.717) is 31.6 Å². The number of benzene rings is 3. The molecule has 0 aliphatic carbocycles. The molecule has 0 unspecified atom stereocenters. The number of ether oxygens (including phenoxy) is 2. The summed E-state index contributed by atoms with van der Waals surface area (Å²) in [5.74, 6) is -1.83. The smallest absolute Gasteiger partial charge is 0.335 e. The Labute approximate surface area is 240 Å². The second-order valence-corrected chi connectivity index (χ2v) is 9.93. The average molecular weight is 636 g/mol. The lowest BCUT2D eigenvalue weighted by Gasteiger charge is -2.29. The molecule has 1 aliphatic rings. The minimum absolute atomic E-state index is 0.0375. The van der Waals surface area contributed by atoms with Gasteiger partial charge in [0.05, 0.1) is 28.4 Å². The number of carboxylic acids is 1. The number of hydrogen-bond donors (Lipinski definition) is 2. The minimum atomic E-state index is -1.17. The molecule has 2 N–H and O–H groups in total. The number of hydrogen-bond acceptors (Lipinski definition) is 6. The van der Waals surface area contributed by atoms with Crippen LogP contribution >= 0.6 is 51.3 Å². The summed E-state index contributed by atoms with van der Waals surface area (Å²) in [5.41, 5.74) is 1.19. The number of thiocarbonyl (C=S) groups is 1. The quantitative estimate of drug-likeness (QED) is 0.190. The van der Waals surface area contributed by atoms with E-state index in [0.717, 1.165) is 10.5 Å². The van der Waals surface area contributed by atoms with Crippen LogP contribution in [0.3, 0.4) is 0 Å². The lowest BCUT2D eigenvalue weighted by atomic mass is 10.1. The van der Waals surface area contributed by atoms with Gasteiger partial charge < -0.3 is 14.6 Å². The molecule has 2 amide bonds. The molecule has 194 valence electrons. The average Bonchev–Trinajstić information content (AvgIpc) is 2.88. The Bertz CT molecular complexity index is 1530. The third-order valence-electron chi connectivity index (χ3n) is 5.41. The highest BCUT2D eigenvalue weighted by Crippen LogP contribution is 2.36. The van der Waals surface area contributed by atoms with Crippen molar-refractivity contribution in [1.82, 2.24) is 5.32 Å². The maximum absolute atomic E-state index is 13.3. The molecule has 4 rings (SSSR count). The van der Waals surface area contributed by atoms with E-state index in [2.05, 4.69) is 21.2 Å². The lowest BCUT2D eigenvalue weighted by molar-refractivity contribution is -0.122. The number of anilines is 1. The SMILES string of the molecule is COc1cc(C=C2C(=O)NC(=S)N(c3cccc(C(=O)O)c3)C2=O)c(Br)cc1OCc1ccc(Cl)c(Cl)c1. The Hall–Kier alpha value is -3.44. The first-order chi connectivity index (χ1) is 18.1. The molecule has 0 aromatic heterocycles. The van der Waals surface area contributed by atoms with Crippen LogP contribution in [0, 0.1) is 0 Å². The van der Waals surface area contributed by atoms with Gasteiger partial charge in [0.1, 0.15) is 12.2 Å². The van der Waals surface area contributed by atoms with Gasteiger partial charge in [0, 0.05) is 4.47 Å². The van der Waals surface area contributed by atoms with Crippen LogP contribution in [0.1, 0.15) is 21.5 Å². The van der Waals surface area contributed by atoms with E-state index >= 15 is 0 Å². The van der Waals surface area contributed by atoms with Crippen LogP contribution in [0.4, 0.5) is 5.69 Å². The maximum Gasteiger partial charge on any atom is 0.335 e. The summed E-state index contributed by atoms with van der Waals surface area (Å²) >= 11 is 20.7. The summed E-state index contributed by atoms with van der Waals surface area (Å²) in [5, 5.41) is 12.4. The summed E-state index contributed by atoms with van der Waals surface area (Å²) in [6.45, 7) is 0.183. The van der Waals surface area contributed by atoms with Gasteiger partial charge in [-0.15, -0.1) is 0 Å². The standard InChI is InChI=1S/C26H17BrCl2N2O6S/c1-36-21-10-15(18(27)11-22(21)37-12-13-5-6-19(28)20(29)7-13)9-17-23(32)30-26(38)31(24(17)33)16-4-2-3-14(8-16)25(34)35/h2-11H,12H2,1H3,(H,34,35)(H,30,32,38). The fraction of sp³-hybridized carbons (Fsp3) is 0.0769. The Balaban J connectivity index is 1.65. The molecule has 8 nitrogen and oxygen atoms in total. The molecule has 1 fully saturated rings. The van der Waals surface area contributed by atoms with Crippen molar-refractivity contribution in [3.63, 3.8) is 0 Å². The van der Waals surface area contributed by atoms with Crippen LogP contribution in [-0.2, 0) is 16.2 Å². The van der Waals surface area contributed by atoms with Gasteiger partial charge in [-0.25, -0.2) is 4.79 Å². The predicted molar refractivity (Wildman–Crippen MR) is 151 cm³/mol. The number of aromatic carboxylic acids is 1. The van der Waals surface area contributed by atoms with E-state index in [1.54, 1.807) is 30.3 Å². The molecule has 0 bridgehead atoms. The molecule has 0 saturated carbocycles. The first-order valence-electron chi connectivity index (χ1n) is 10.8. The summed E-state index contributed by atoms with van der Waals surface area (Å²) in [7, 11) is 1.46. The molecule has 0 radical (unpaired) electrons. The first kappa shape index (κ1) is 27.6. The topological polar surface area (TPSA) is 105 Å². The van der Waals surface area contributed by atoms with Crippen LogP contribution < -0.4 is 19.7 Å². The van der Waals surface area contributed by atoms with Crippen LogP contribution in [-0.4, -0.2) is 35.1 Å². The molecule has 1 saturated heterocycles. The van der Waals surface area contributed by atoms with Crippen LogP contribution in [0.15, 0.2) is 64.6 Å². The Morgan fingerprint density at radius 2 is 1.87 bits per heavy atom. The monoisotopic (exact) mass is 634 g/mol. The van der Waals surface area contributed by atoms with Crippen LogP contribution in [0.5, 0.6) is 11.5 Å². The van der Waals surface area contributed by atoms with Crippen molar-refractivity contribution in [2.75, 3.05) is 12.0 Å². The second-order valence-electron chi connectivity index (χ2n) is 7.88. The fourth-order valence-electron chi connectivity index (χ4n) is 3.55. The van der Waals surface area contributed by atoms with E-state index in [1.807, 2.05) is 0 Å². The zero-order valence-corrected chi connectivity index (χ0v) is 23.4. The van der Waals surface area contributed by atoms with Crippen molar-refractivity contribution in [3.05, 3.63) is 91.4 Å². The minimum Gasteiger partial charge on any atom is -0.493 e. The molecule has 1 heterocycles. The van der Waals surface area contributed by atoms with Crippen molar-refractivity contribution in [3.8, 4) is 11.5 Å². The summed E-state index contributed by atoms with van der Waals surface area (Å²) in [6.07, 6.45) is 1.38. The number of nitrogens with one attached hydrogen (secondary N) is 1. The van der Waals surface area contributed by atoms with E-state index in [4.69, 9.17) is 44.9 Å². The van der Waals surface area contributed by atoms with Crippen LogP contribution in [0.2, 0.25) is 10.0 Å². The van der Waals surface area contributed by atoms with Crippen molar-refractivity contribution in [2.45, 2.75) is 6.61 Å². The van der Waals surface area contributed by atoms with Gasteiger partial charge in [0.15, 0.2) is 16.6 Å². The lowest BCUT2D eigenvalue weighted by Crippen LogP contribution is -2.54. The van der Waals surface area contributed by atoms with Crippen molar-refractivity contribution >= 4 is 86.0 Å². The molecule has 0 atom stereocenters. The van der Waals surface area contributed by atoms with Crippen molar-refractivity contribution < 1.29 is 29.0 Å². The molecule has 1 aliphatic heterocycles. The highest BCUT2D eigenvalue weighted by molar-refractivity contribution is 9.10. The van der Waals surface area contributed by atoms with E-state index < -0.39 is 17.8 Å². The van der Waals surface area contributed by atoms with Gasteiger partial charge in [0.2, 0.25) is 0 Å². The highest BCUT2D eigenvalue weighted by atomic mass is 79.9. The van der Waals surface area contributed by atoms with Crippen LogP contribution in [0.25, 0.3) is 6.08 Å². The highest BCUT2D eigenvalue weighted by Gasteiger charge is 2.35. The van der Waals surface area contributed by atoms with Crippen molar-refractivity contribution in [1.29, 1.82) is 0 Å². The predicted octanol–water partition coefficient (Wildman–Crippen LogP) is 5.87. The molecular formula is C26H17BrCl2N2O6S. The first-order valence-corrected chi connectivity index (χ1v) is 12.7. The van der Waals surface area contributed by atoms with E-state index in [9.17, 15) is 19.5 Å². The number of rotatable bonds is 7. The normalized spacial score (nSPS) is 14.5. The van der Waals surface area contributed by atoms with Crippen molar-refractivity contribution in [2.24, 2.45) is 0 Å². The Morgan fingerprint density at radius 3 is 2.55 bits per heavy atom. The van der Waals surface area contributed by atoms with E-state index in [-0.39, 0.29) is 28.5 Å². The van der Waals surface area contributed by atoms with E-state index in [1.165, 1.54) is 37.5 Å². The van der Waals surface area contributed by atoms with Gasteiger partial charge in [-0.2, -0.15) is 0 Å². The number of carbonyl (C=O) groups excluding carboxylic acids is 2. The number of methoxy groups -OCH3 is 1. The largest absolute Gasteiger partial charge is 0.493 e. The third kappa shape index (κ3) is 5.83. The molecule has 38 heavy (non-hydrogen) atoms. The van der Waals surface area contributed by atoms with Gasteiger partial charge in [-0.05, 0) is 71.9 Å². The zero-order chi connectivity index (χ0) is 27.6. The maximum atomic E-state index is 13.3. The second kappa shape index (κ2) is 11.5. The summed E-state index contributed by atoms with van der Waals surface area (Å²) in [4.78, 5) is 38.5. The number of carbonyl (C=O) groups is 3. The number of amides is 2. The van der Waals surface area contributed by atoms with Gasteiger partial charge in [-0.3, -0.25) is 19.8 Å².